The Morgan fingerprint density at radius 2 is 1.60 bits per heavy atom. The van der Waals surface area contributed by atoms with Crippen LogP contribution in [-0.2, 0) is 20.9 Å². The molecule has 5 rings (SSSR count). The molecule has 8 nitrogen and oxygen atoms in total. The fourth-order valence-electron chi connectivity index (χ4n) is 5.63. The summed E-state index contributed by atoms with van der Waals surface area (Å²) in [7, 11) is 2.84. The molecular formula is C33H30FN3O5. The number of pyridine rings is 1. The zero-order valence-corrected chi connectivity index (χ0v) is 23.1. The van der Waals surface area contributed by atoms with Crippen molar-refractivity contribution >= 4 is 17.8 Å². The van der Waals surface area contributed by atoms with Crippen LogP contribution in [-0.4, -0.2) is 47.9 Å². The van der Waals surface area contributed by atoms with E-state index < -0.39 is 41.7 Å². The fraction of sp³-hybridized carbons (Fsp3) is 0.212. The van der Waals surface area contributed by atoms with Crippen LogP contribution >= 0.6 is 0 Å². The second-order valence-corrected chi connectivity index (χ2v) is 9.95. The molecule has 4 unspecified atom stereocenters. The summed E-state index contributed by atoms with van der Waals surface area (Å²) in [5.41, 5.74) is 2.29. The number of aromatic nitrogens is 1. The van der Waals surface area contributed by atoms with Crippen LogP contribution in [0.3, 0.4) is 0 Å². The smallest absolute Gasteiger partial charge is 0.311 e. The van der Waals surface area contributed by atoms with Gasteiger partial charge in [-0.1, -0.05) is 54.6 Å². The second kappa shape index (κ2) is 12.6. The molecule has 0 bridgehead atoms. The quantitative estimate of drug-likeness (QED) is 0.311. The van der Waals surface area contributed by atoms with E-state index in [0.29, 0.717) is 22.4 Å². The Morgan fingerprint density at radius 1 is 0.881 bits per heavy atom. The van der Waals surface area contributed by atoms with Gasteiger partial charge in [-0.2, -0.15) is 0 Å². The number of nitrogens with one attached hydrogen (secondary N) is 1. The van der Waals surface area contributed by atoms with Crippen LogP contribution in [0.1, 0.15) is 39.0 Å². The summed E-state index contributed by atoms with van der Waals surface area (Å²) >= 11 is 0. The maximum Gasteiger partial charge on any atom is 0.311 e. The van der Waals surface area contributed by atoms with E-state index >= 15 is 0 Å². The topological polar surface area (TPSA) is 97.8 Å². The standard InChI is InChI=1S/C33H30FN3O5/c1-41-26-16-12-23(13-17-26)29-28(33(40)42-2)27(22-7-4-3-5-8-22)30(37(29)32(39)24-9-6-18-35-20-24)31(38)36-19-21-10-14-25(34)15-11-21/h3-18,20,27-30H,19H2,1-2H3,(H,36,38). The van der Waals surface area contributed by atoms with Crippen LogP contribution in [0.2, 0.25) is 0 Å². The lowest BCUT2D eigenvalue weighted by molar-refractivity contribution is -0.146. The van der Waals surface area contributed by atoms with Gasteiger partial charge in [0.15, 0.2) is 0 Å². The van der Waals surface area contributed by atoms with Gasteiger partial charge < -0.3 is 19.7 Å². The third-order valence-corrected chi connectivity index (χ3v) is 7.57. The molecule has 0 aliphatic carbocycles. The molecule has 1 aliphatic heterocycles. The number of ether oxygens (including phenoxy) is 2. The van der Waals surface area contributed by atoms with Crippen molar-refractivity contribution in [1.82, 2.24) is 15.2 Å². The SMILES string of the molecule is COC(=O)C1C(c2ccccc2)C(C(=O)NCc2ccc(F)cc2)N(C(=O)c2cccnc2)C1c1ccc(OC)cc1. The van der Waals surface area contributed by atoms with E-state index in [1.807, 2.05) is 30.3 Å². The van der Waals surface area contributed by atoms with Crippen molar-refractivity contribution < 1.29 is 28.2 Å². The van der Waals surface area contributed by atoms with Crippen molar-refractivity contribution in [3.05, 3.63) is 131 Å². The Hall–Kier alpha value is -5.05. The van der Waals surface area contributed by atoms with Gasteiger partial charge in [-0.05, 0) is 53.1 Å². The Balaban J connectivity index is 1.67. The molecule has 1 N–H and O–H groups in total. The summed E-state index contributed by atoms with van der Waals surface area (Å²) in [6.45, 7) is 0.0993. The molecule has 1 saturated heterocycles. The maximum atomic E-state index is 14.3. The lowest BCUT2D eigenvalue weighted by Gasteiger charge is -2.31. The molecule has 42 heavy (non-hydrogen) atoms. The van der Waals surface area contributed by atoms with Gasteiger partial charge in [0, 0.05) is 24.9 Å². The number of esters is 1. The first-order chi connectivity index (χ1) is 20.4. The van der Waals surface area contributed by atoms with E-state index in [9.17, 15) is 18.8 Å². The van der Waals surface area contributed by atoms with E-state index in [2.05, 4.69) is 10.3 Å². The van der Waals surface area contributed by atoms with Gasteiger partial charge in [-0.25, -0.2) is 4.39 Å². The lowest BCUT2D eigenvalue weighted by Crippen LogP contribution is -2.48. The van der Waals surface area contributed by atoms with Gasteiger partial charge in [0.1, 0.15) is 17.6 Å². The molecule has 4 aromatic rings. The number of carbonyl (C=O) groups excluding carboxylic acids is 3. The van der Waals surface area contributed by atoms with E-state index in [1.165, 1.54) is 30.3 Å². The average Bonchev–Trinajstić information content (AvgIpc) is 3.40. The third kappa shape index (κ3) is 5.72. The van der Waals surface area contributed by atoms with Crippen LogP contribution in [0.4, 0.5) is 4.39 Å². The Labute approximate surface area is 243 Å². The summed E-state index contributed by atoms with van der Waals surface area (Å²) in [6, 6.07) is 23.3. The predicted molar refractivity (Wildman–Crippen MR) is 153 cm³/mol. The molecule has 9 heteroatoms. The van der Waals surface area contributed by atoms with Gasteiger partial charge in [-0.3, -0.25) is 19.4 Å². The number of methoxy groups -OCH3 is 2. The summed E-state index contributed by atoms with van der Waals surface area (Å²) in [5, 5.41) is 2.92. The molecule has 4 atom stereocenters. The number of nitrogens with zero attached hydrogens (tertiary/aromatic N) is 2. The highest BCUT2D eigenvalue weighted by molar-refractivity contribution is 6.00. The number of hydrogen-bond acceptors (Lipinski definition) is 6. The highest BCUT2D eigenvalue weighted by Gasteiger charge is 2.58. The maximum absolute atomic E-state index is 14.3. The average molecular weight is 568 g/mol. The number of hydrogen-bond donors (Lipinski definition) is 1. The molecule has 1 aromatic heterocycles. The monoisotopic (exact) mass is 567 g/mol. The van der Waals surface area contributed by atoms with Crippen molar-refractivity contribution in [3.8, 4) is 5.75 Å². The van der Waals surface area contributed by atoms with Crippen LogP contribution in [0, 0.1) is 11.7 Å². The molecule has 2 amide bonds. The summed E-state index contributed by atoms with van der Waals surface area (Å²) in [5.74, 6) is -2.94. The molecule has 2 heterocycles. The van der Waals surface area contributed by atoms with Gasteiger partial charge in [0.2, 0.25) is 5.91 Å². The molecule has 1 fully saturated rings. The van der Waals surface area contributed by atoms with Gasteiger partial charge in [-0.15, -0.1) is 0 Å². The van der Waals surface area contributed by atoms with Gasteiger partial charge >= 0.3 is 5.97 Å². The molecule has 0 spiro atoms. The predicted octanol–water partition coefficient (Wildman–Crippen LogP) is 4.68. The fourth-order valence-corrected chi connectivity index (χ4v) is 5.63. The minimum absolute atomic E-state index is 0.0993. The third-order valence-electron chi connectivity index (χ3n) is 7.57. The van der Waals surface area contributed by atoms with E-state index in [0.717, 1.165) is 0 Å². The van der Waals surface area contributed by atoms with Crippen molar-refractivity contribution in [2.45, 2.75) is 24.5 Å². The second-order valence-electron chi connectivity index (χ2n) is 9.95. The first-order valence-electron chi connectivity index (χ1n) is 13.4. The normalized spacial score (nSPS) is 19.6. The number of amides is 2. The molecule has 1 aliphatic rings. The first-order valence-corrected chi connectivity index (χ1v) is 13.4. The summed E-state index contributed by atoms with van der Waals surface area (Å²) < 4.78 is 24.1. The van der Waals surface area contributed by atoms with Crippen molar-refractivity contribution in [1.29, 1.82) is 0 Å². The molecule has 3 aromatic carbocycles. The highest BCUT2D eigenvalue weighted by Crippen LogP contribution is 2.51. The van der Waals surface area contributed by atoms with E-state index in [4.69, 9.17) is 9.47 Å². The molecule has 0 radical (unpaired) electrons. The largest absolute Gasteiger partial charge is 0.497 e. The number of halogens is 1. The summed E-state index contributed by atoms with van der Waals surface area (Å²) in [6.07, 6.45) is 2.99. The Kier molecular flexibility index (Phi) is 8.57. The van der Waals surface area contributed by atoms with Crippen molar-refractivity contribution in [3.63, 3.8) is 0 Å². The number of likely N-dealkylation sites (tertiary alicyclic amines) is 1. The number of carbonyl (C=O) groups is 3. The minimum atomic E-state index is -1.10. The Morgan fingerprint density at radius 3 is 2.21 bits per heavy atom. The lowest BCUT2D eigenvalue weighted by atomic mass is 9.79. The molecule has 0 saturated carbocycles. The zero-order chi connectivity index (χ0) is 29.6. The van der Waals surface area contributed by atoms with E-state index in [-0.39, 0.29) is 17.9 Å². The van der Waals surface area contributed by atoms with Gasteiger partial charge in [0.25, 0.3) is 5.91 Å². The minimum Gasteiger partial charge on any atom is -0.497 e. The van der Waals surface area contributed by atoms with Crippen LogP contribution in [0.5, 0.6) is 5.75 Å². The molecular weight excluding hydrogens is 537 g/mol. The van der Waals surface area contributed by atoms with Crippen LogP contribution < -0.4 is 10.1 Å². The van der Waals surface area contributed by atoms with Gasteiger partial charge in [0.05, 0.1) is 31.7 Å². The van der Waals surface area contributed by atoms with Crippen molar-refractivity contribution in [2.24, 2.45) is 5.92 Å². The first kappa shape index (κ1) is 28.5. The van der Waals surface area contributed by atoms with Crippen LogP contribution in [0.25, 0.3) is 0 Å². The Bertz CT molecular complexity index is 1530. The highest BCUT2D eigenvalue weighted by atomic mass is 19.1. The van der Waals surface area contributed by atoms with E-state index in [1.54, 1.807) is 61.8 Å². The number of rotatable bonds is 8. The van der Waals surface area contributed by atoms with Crippen LogP contribution in [0.15, 0.2) is 103 Å². The van der Waals surface area contributed by atoms with Crippen molar-refractivity contribution in [2.75, 3.05) is 14.2 Å². The zero-order valence-electron chi connectivity index (χ0n) is 23.1. The number of benzene rings is 3. The molecule has 214 valence electrons. The summed E-state index contributed by atoms with van der Waals surface area (Å²) in [4.78, 5) is 47.7.